The van der Waals surface area contributed by atoms with Gasteiger partial charge in [0.1, 0.15) is 5.76 Å². The highest BCUT2D eigenvalue weighted by molar-refractivity contribution is 5.91. The first-order valence-corrected chi connectivity index (χ1v) is 8.13. The van der Waals surface area contributed by atoms with E-state index in [-0.39, 0.29) is 25.5 Å². The molecular formula is C17H19FN2O4. The Kier molecular flexibility index (Phi) is 3.49. The Morgan fingerprint density at radius 1 is 1.46 bits per heavy atom. The first-order chi connectivity index (χ1) is 11.5. The van der Waals surface area contributed by atoms with Crippen LogP contribution in [-0.4, -0.2) is 41.2 Å². The number of hydrogen-bond acceptors (Lipinski definition) is 5. The zero-order chi connectivity index (χ0) is 16.9. The van der Waals surface area contributed by atoms with Crippen molar-refractivity contribution < 1.29 is 23.1 Å². The number of halogens is 1. The molecule has 1 aliphatic heterocycles. The molecule has 4 rings (SSSR count). The highest BCUT2D eigenvalue weighted by Gasteiger charge is 2.40. The van der Waals surface area contributed by atoms with Crippen molar-refractivity contribution in [3.05, 3.63) is 28.8 Å². The maximum absolute atomic E-state index is 14.3. The number of nitrogens with zero attached hydrogens (tertiary/aromatic N) is 2. The molecule has 7 heteroatoms. The van der Waals surface area contributed by atoms with Gasteiger partial charge in [-0.15, -0.1) is 0 Å². The molecular weight excluding hydrogens is 315 g/mol. The molecule has 2 aromatic heterocycles. The zero-order valence-electron chi connectivity index (χ0n) is 13.7. The second-order valence-electron chi connectivity index (χ2n) is 6.42. The number of carbonyl (C=O) groups excluding carboxylic acids is 1. The third-order valence-electron chi connectivity index (χ3n) is 4.54. The highest BCUT2D eigenvalue weighted by atomic mass is 19.1. The number of esters is 1. The Bertz CT molecular complexity index is 804. The average molecular weight is 334 g/mol. The predicted octanol–water partition coefficient (Wildman–Crippen LogP) is 2.47. The first kappa shape index (κ1) is 15.4. The van der Waals surface area contributed by atoms with E-state index in [2.05, 4.69) is 5.10 Å². The van der Waals surface area contributed by atoms with Gasteiger partial charge in [0.15, 0.2) is 5.67 Å². The van der Waals surface area contributed by atoms with Crippen LogP contribution in [0.25, 0.3) is 11.3 Å². The third-order valence-corrected chi connectivity index (χ3v) is 4.54. The van der Waals surface area contributed by atoms with Crippen molar-refractivity contribution in [2.45, 2.75) is 38.9 Å². The van der Waals surface area contributed by atoms with E-state index < -0.39 is 11.6 Å². The van der Waals surface area contributed by atoms with Crippen LogP contribution in [-0.2, 0) is 28.9 Å². The van der Waals surface area contributed by atoms with E-state index in [1.165, 1.54) is 0 Å². The van der Waals surface area contributed by atoms with Gasteiger partial charge < -0.3 is 13.9 Å². The number of furan rings is 1. The van der Waals surface area contributed by atoms with E-state index in [0.717, 1.165) is 34.6 Å². The summed E-state index contributed by atoms with van der Waals surface area (Å²) in [6.07, 6.45) is 3.33. The molecule has 0 unspecified atom stereocenters. The van der Waals surface area contributed by atoms with Gasteiger partial charge in [0.25, 0.3) is 0 Å². The van der Waals surface area contributed by atoms with Gasteiger partial charge in [-0.05, 0) is 25.8 Å². The van der Waals surface area contributed by atoms with E-state index in [0.29, 0.717) is 13.0 Å². The summed E-state index contributed by atoms with van der Waals surface area (Å²) in [7, 11) is 0. The smallest absolute Gasteiger partial charge is 0.374 e. The van der Waals surface area contributed by atoms with Crippen molar-refractivity contribution in [2.24, 2.45) is 0 Å². The van der Waals surface area contributed by atoms with E-state index in [1.54, 1.807) is 11.6 Å². The van der Waals surface area contributed by atoms with Gasteiger partial charge in [-0.1, -0.05) is 0 Å². The van der Waals surface area contributed by atoms with Crippen LogP contribution in [0.4, 0.5) is 4.39 Å². The van der Waals surface area contributed by atoms with E-state index in [1.807, 2.05) is 13.1 Å². The zero-order valence-corrected chi connectivity index (χ0v) is 13.7. The van der Waals surface area contributed by atoms with Crippen molar-refractivity contribution in [3.8, 4) is 11.3 Å². The maximum atomic E-state index is 14.3. The lowest BCUT2D eigenvalue weighted by Crippen LogP contribution is -2.48. The van der Waals surface area contributed by atoms with Crippen LogP contribution < -0.4 is 0 Å². The molecule has 3 heterocycles. The molecule has 2 aliphatic rings. The molecule has 1 fully saturated rings. The molecule has 0 amide bonds. The maximum Gasteiger partial charge on any atom is 0.374 e. The SMILES string of the molecule is CCOC(=O)c1oc2c(c1C)-c1nn(CC3(F)COC3)cc1CC2. The fourth-order valence-corrected chi connectivity index (χ4v) is 3.34. The summed E-state index contributed by atoms with van der Waals surface area (Å²) in [5, 5.41) is 4.55. The molecule has 0 aromatic carbocycles. The summed E-state index contributed by atoms with van der Waals surface area (Å²) < 4.78 is 31.6. The lowest BCUT2D eigenvalue weighted by Gasteiger charge is -2.33. The molecule has 1 aliphatic carbocycles. The number of alkyl halides is 1. The summed E-state index contributed by atoms with van der Waals surface area (Å²) in [6, 6.07) is 0. The van der Waals surface area contributed by atoms with Gasteiger partial charge in [-0.25, -0.2) is 9.18 Å². The lowest BCUT2D eigenvalue weighted by molar-refractivity contribution is -0.138. The Hall–Kier alpha value is -2.15. The van der Waals surface area contributed by atoms with Gasteiger partial charge >= 0.3 is 5.97 Å². The molecule has 0 bridgehead atoms. The Morgan fingerprint density at radius 3 is 2.92 bits per heavy atom. The lowest BCUT2D eigenvalue weighted by atomic mass is 9.94. The van der Waals surface area contributed by atoms with Crippen molar-refractivity contribution in [3.63, 3.8) is 0 Å². The van der Waals surface area contributed by atoms with Crippen LogP contribution in [0, 0.1) is 6.92 Å². The van der Waals surface area contributed by atoms with Crippen molar-refractivity contribution in [2.75, 3.05) is 19.8 Å². The summed E-state index contributed by atoms with van der Waals surface area (Å²) in [4.78, 5) is 12.0. The largest absolute Gasteiger partial charge is 0.460 e. The molecule has 0 radical (unpaired) electrons. The minimum absolute atomic E-state index is 0.112. The quantitative estimate of drug-likeness (QED) is 0.804. The van der Waals surface area contributed by atoms with Gasteiger partial charge in [0, 0.05) is 23.7 Å². The van der Waals surface area contributed by atoms with E-state index >= 15 is 0 Å². The van der Waals surface area contributed by atoms with Gasteiger partial charge in [0.2, 0.25) is 5.76 Å². The van der Waals surface area contributed by atoms with E-state index in [9.17, 15) is 9.18 Å². The molecule has 1 saturated heterocycles. The predicted molar refractivity (Wildman–Crippen MR) is 82.7 cm³/mol. The molecule has 128 valence electrons. The number of rotatable bonds is 4. The molecule has 0 saturated carbocycles. The summed E-state index contributed by atoms with van der Waals surface area (Å²) in [5.41, 5.74) is 2.06. The van der Waals surface area contributed by atoms with Crippen LogP contribution >= 0.6 is 0 Å². The fourth-order valence-electron chi connectivity index (χ4n) is 3.34. The van der Waals surface area contributed by atoms with Crippen LogP contribution in [0.3, 0.4) is 0 Å². The Morgan fingerprint density at radius 2 is 2.25 bits per heavy atom. The molecule has 0 atom stereocenters. The standard InChI is InChI=1S/C17H19FN2O4/c1-3-23-16(21)15-10(2)13-12(24-15)5-4-11-6-20(19-14(11)13)7-17(18)8-22-9-17/h6H,3-5,7-9H2,1-2H3. The summed E-state index contributed by atoms with van der Waals surface area (Å²) >= 11 is 0. The molecule has 24 heavy (non-hydrogen) atoms. The Balaban J connectivity index is 1.69. The van der Waals surface area contributed by atoms with E-state index in [4.69, 9.17) is 13.9 Å². The number of fused-ring (bicyclic) bond motifs is 3. The molecule has 2 aromatic rings. The topological polar surface area (TPSA) is 66.5 Å². The van der Waals surface area contributed by atoms with Gasteiger partial charge in [-0.2, -0.15) is 5.10 Å². The van der Waals surface area contributed by atoms with Crippen molar-refractivity contribution >= 4 is 5.97 Å². The number of hydrogen-bond donors (Lipinski definition) is 0. The van der Waals surface area contributed by atoms with Crippen molar-refractivity contribution in [1.82, 2.24) is 9.78 Å². The third kappa shape index (κ3) is 2.34. The fraction of sp³-hybridized carbons (Fsp3) is 0.529. The monoisotopic (exact) mass is 334 g/mol. The number of ether oxygens (including phenoxy) is 2. The summed E-state index contributed by atoms with van der Waals surface area (Å²) in [6.45, 7) is 4.29. The molecule has 0 N–H and O–H groups in total. The average Bonchev–Trinajstić information content (AvgIpc) is 3.06. The van der Waals surface area contributed by atoms with Crippen LogP contribution in [0.2, 0.25) is 0 Å². The molecule has 0 spiro atoms. The first-order valence-electron chi connectivity index (χ1n) is 8.13. The van der Waals surface area contributed by atoms with Crippen LogP contribution in [0.5, 0.6) is 0 Å². The van der Waals surface area contributed by atoms with Gasteiger partial charge in [-0.3, -0.25) is 4.68 Å². The minimum atomic E-state index is -1.33. The normalized spacial score (nSPS) is 17.8. The molecule has 6 nitrogen and oxygen atoms in total. The second kappa shape index (κ2) is 5.44. The number of carbonyl (C=O) groups is 1. The van der Waals surface area contributed by atoms with Crippen molar-refractivity contribution in [1.29, 1.82) is 0 Å². The second-order valence-corrected chi connectivity index (χ2v) is 6.42. The minimum Gasteiger partial charge on any atom is -0.460 e. The van der Waals surface area contributed by atoms with Crippen LogP contribution in [0.1, 0.15) is 34.4 Å². The van der Waals surface area contributed by atoms with Crippen LogP contribution in [0.15, 0.2) is 10.6 Å². The number of aryl methyl sites for hydroxylation is 2. The number of aromatic nitrogens is 2. The summed E-state index contributed by atoms with van der Waals surface area (Å²) in [5.74, 6) is 0.522. The highest BCUT2D eigenvalue weighted by Crippen LogP contribution is 2.39. The Labute approximate surface area is 138 Å². The van der Waals surface area contributed by atoms with Gasteiger partial charge in [0.05, 0.1) is 32.1 Å².